The second-order valence-electron chi connectivity index (χ2n) is 7.16. The number of carbonyl (C=O) groups excluding carboxylic acids is 2. The van der Waals surface area contributed by atoms with E-state index in [1.807, 2.05) is 0 Å². The number of hydrogen-bond donors (Lipinski definition) is 1. The number of fused-ring (bicyclic) bond motifs is 3. The zero-order chi connectivity index (χ0) is 22.9. The van der Waals surface area contributed by atoms with Crippen molar-refractivity contribution in [1.82, 2.24) is 19.2 Å². The van der Waals surface area contributed by atoms with Crippen LogP contribution in [-0.4, -0.2) is 38.2 Å². The van der Waals surface area contributed by atoms with Gasteiger partial charge in [-0.2, -0.15) is 5.10 Å². The highest BCUT2D eigenvalue weighted by Gasteiger charge is 2.18. The number of amides is 1. The van der Waals surface area contributed by atoms with E-state index in [1.165, 1.54) is 22.5 Å². The Labute approximate surface area is 186 Å². The van der Waals surface area contributed by atoms with Gasteiger partial charge in [0.05, 0.1) is 24.5 Å². The smallest absolute Gasteiger partial charge is 0.337 e. The van der Waals surface area contributed by atoms with E-state index < -0.39 is 17.4 Å². The van der Waals surface area contributed by atoms with Gasteiger partial charge in [0.1, 0.15) is 17.8 Å². The summed E-state index contributed by atoms with van der Waals surface area (Å²) < 4.78 is 12.9. The van der Waals surface area contributed by atoms with Crippen molar-refractivity contribution in [3.63, 3.8) is 0 Å². The fourth-order valence-electron chi connectivity index (χ4n) is 3.56. The quantitative estimate of drug-likeness (QED) is 0.415. The summed E-state index contributed by atoms with van der Waals surface area (Å²) in [6.07, 6.45) is 3.11. The molecule has 0 bridgehead atoms. The molecule has 0 aliphatic heterocycles. The van der Waals surface area contributed by atoms with Crippen LogP contribution in [0.3, 0.4) is 0 Å². The summed E-state index contributed by atoms with van der Waals surface area (Å²) >= 11 is 0. The van der Waals surface area contributed by atoms with Crippen molar-refractivity contribution in [3.8, 4) is 11.5 Å². The number of rotatable bonds is 5. The predicted molar refractivity (Wildman–Crippen MR) is 119 cm³/mol. The van der Waals surface area contributed by atoms with Crippen LogP contribution in [0, 0.1) is 0 Å². The van der Waals surface area contributed by atoms with E-state index in [9.17, 15) is 14.4 Å². The van der Waals surface area contributed by atoms with E-state index >= 15 is 0 Å². The summed E-state index contributed by atoms with van der Waals surface area (Å²) in [7, 11) is 1.30. The number of pyridine rings is 1. The highest BCUT2D eigenvalue weighted by atomic mass is 16.5. The fraction of sp³-hybridized carbons (Fsp3) is 0.0870. The molecule has 1 aromatic carbocycles. The monoisotopic (exact) mass is 443 g/mol. The Kier molecular flexibility index (Phi) is 4.94. The molecule has 0 saturated heterocycles. The Morgan fingerprint density at radius 2 is 1.91 bits per heavy atom. The first-order chi connectivity index (χ1) is 16.0. The minimum absolute atomic E-state index is 0.239. The van der Waals surface area contributed by atoms with Crippen molar-refractivity contribution in [1.29, 1.82) is 0 Å². The lowest BCUT2D eigenvalue weighted by Gasteiger charge is -2.11. The molecule has 0 fully saturated rings. The topological polar surface area (TPSA) is 121 Å². The minimum atomic E-state index is -0.471. The zero-order valence-electron chi connectivity index (χ0n) is 17.4. The van der Waals surface area contributed by atoms with Crippen molar-refractivity contribution in [2.24, 2.45) is 0 Å². The molecular weight excluding hydrogens is 426 g/mol. The van der Waals surface area contributed by atoms with Crippen LogP contribution < -0.4 is 10.9 Å². The van der Waals surface area contributed by atoms with Gasteiger partial charge in [-0.1, -0.05) is 0 Å². The first-order valence-corrected chi connectivity index (χ1v) is 9.94. The molecule has 5 aromatic rings. The van der Waals surface area contributed by atoms with Gasteiger partial charge >= 0.3 is 5.97 Å². The highest BCUT2D eigenvalue weighted by molar-refractivity contribution is 5.93. The number of furan rings is 1. The molecule has 10 heteroatoms. The predicted octanol–water partition coefficient (Wildman–Crippen LogP) is 2.73. The molecule has 4 aromatic heterocycles. The molecule has 4 heterocycles. The first-order valence-electron chi connectivity index (χ1n) is 9.94. The summed E-state index contributed by atoms with van der Waals surface area (Å²) in [4.78, 5) is 42.0. The van der Waals surface area contributed by atoms with Crippen molar-refractivity contribution in [2.45, 2.75) is 6.54 Å². The number of benzene rings is 1. The number of esters is 1. The van der Waals surface area contributed by atoms with Gasteiger partial charge in [0.15, 0.2) is 11.4 Å². The van der Waals surface area contributed by atoms with Gasteiger partial charge in [-0.15, -0.1) is 0 Å². The van der Waals surface area contributed by atoms with Crippen LogP contribution in [0.15, 0.2) is 76.3 Å². The normalized spacial score (nSPS) is 11.1. The second kappa shape index (κ2) is 8.08. The Morgan fingerprint density at radius 3 is 2.64 bits per heavy atom. The Balaban J connectivity index is 1.51. The number of hydrogen-bond acceptors (Lipinski definition) is 7. The highest BCUT2D eigenvalue weighted by Crippen LogP contribution is 2.21. The summed E-state index contributed by atoms with van der Waals surface area (Å²) in [5.74, 6) is -0.369. The average Bonchev–Trinajstić information content (AvgIpc) is 3.52. The molecule has 0 aliphatic carbocycles. The van der Waals surface area contributed by atoms with Gasteiger partial charge in [-0.3, -0.25) is 14.2 Å². The van der Waals surface area contributed by atoms with Crippen LogP contribution in [0.5, 0.6) is 0 Å². The molecular formula is C23H17N5O5. The average molecular weight is 443 g/mol. The van der Waals surface area contributed by atoms with Gasteiger partial charge in [0.25, 0.3) is 5.56 Å². The van der Waals surface area contributed by atoms with Crippen molar-refractivity contribution in [2.75, 3.05) is 12.4 Å². The number of ether oxygens (including phenoxy) is 1. The Morgan fingerprint density at radius 1 is 1.09 bits per heavy atom. The van der Waals surface area contributed by atoms with E-state index in [4.69, 9.17) is 4.42 Å². The number of nitrogens with one attached hydrogen (secondary N) is 1. The van der Waals surface area contributed by atoms with E-state index in [0.29, 0.717) is 33.9 Å². The molecule has 0 unspecified atom stereocenters. The van der Waals surface area contributed by atoms with Crippen molar-refractivity contribution in [3.05, 3.63) is 83.0 Å². The van der Waals surface area contributed by atoms with E-state index in [0.717, 1.165) is 0 Å². The molecule has 0 aliphatic rings. The van der Waals surface area contributed by atoms with Gasteiger partial charge in [-0.05, 0) is 48.5 Å². The van der Waals surface area contributed by atoms with Gasteiger partial charge in [-0.25, -0.2) is 14.3 Å². The molecule has 33 heavy (non-hydrogen) atoms. The maximum Gasteiger partial charge on any atom is 0.337 e. The molecule has 10 nitrogen and oxygen atoms in total. The standard InChI is InChI=1S/C23H17N5O5/c1-32-23(31)14-6-8-15(9-7-14)25-20(29)13-27-17-4-2-10-24-21(17)28-18(22(27)30)12-16(26-28)19-5-3-11-33-19/h2-12H,13H2,1H3,(H,25,29). The molecule has 0 radical (unpaired) electrons. The van der Waals surface area contributed by atoms with Gasteiger partial charge in [0, 0.05) is 18.0 Å². The van der Waals surface area contributed by atoms with Crippen molar-refractivity contribution < 1.29 is 18.7 Å². The largest absolute Gasteiger partial charge is 0.465 e. The van der Waals surface area contributed by atoms with Crippen LogP contribution in [0.4, 0.5) is 5.69 Å². The van der Waals surface area contributed by atoms with Gasteiger partial charge in [0.2, 0.25) is 5.91 Å². The molecule has 1 N–H and O–H groups in total. The molecule has 0 saturated carbocycles. The zero-order valence-corrected chi connectivity index (χ0v) is 17.4. The molecule has 0 spiro atoms. The molecule has 164 valence electrons. The van der Waals surface area contributed by atoms with Crippen LogP contribution in [-0.2, 0) is 16.1 Å². The lowest BCUT2D eigenvalue weighted by atomic mass is 10.2. The first kappa shape index (κ1) is 20.2. The van der Waals surface area contributed by atoms with Crippen LogP contribution in [0.2, 0.25) is 0 Å². The third kappa shape index (κ3) is 3.63. The summed E-state index contributed by atoms with van der Waals surface area (Å²) in [6, 6.07) is 14.7. The Hall–Kier alpha value is -4.73. The van der Waals surface area contributed by atoms with E-state index in [1.54, 1.807) is 60.8 Å². The number of aromatic nitrogens is 4. The number of carbonyl (C=O) groups is 2. The van der Waals surface area contributed by atoms with Crippen LogP contribution in [0.25, 0.3) is 28.1 Å². The van der Waals surface area contributed by atoms with Gasteiger partial charge < -0.3 is 14.5 Å². The number of nitrogens with zero attached hydrogens (tertiary/aromatic N) is 4. The SMILES string of the molecule is COC(=O)c1ccc(NC(=O)Cn2c(=O)c3cc(-c4ccco4)nn3c3ncccc32)cc1. The fourth-order valence-corrected chi connectivity index (χ4v) is 3.56. The lowest BCUT2D eigenvalue weighted by molar-refractivity contribution is -0.116. The molecule has 5 rings (SSSR count). The minimum Gasteiger partial charge on any atom is -0.465 e. The summed E-state index contributed by atoms with van der Waals surface area (Å²) in [5.41, 5.74) is 2.09. The van der Waals surface area contributed by atoms with E-state index in [-0.39, 0.29) is 12.1 Å². The van der Waals surface area contributed by atoms with Crippen LogP contribution >= 0.6 is 0 Å². The van der Waals surface area contributed by atoms with Crippen molar-refractivity contribution >= 4 is 34.2 Å². The third-order valence-corrected chi connectivity index (χ3v) is 5.10. The lowest BCUT2D eigenvalue weighted by Crippen LogP contribution is -2.29. The molecule has 0 atom stereocenters. The maximum atomic E-state index is 13.3. The Bertz CT molecular complexity index is 1550. The summed E-state index contributed by atoms with van der Waals surface area (Å²) in [6.45, 7) is -0.239. The second-order valence-corrected chi connectivity index (χ2v) is 7.16. The number of anilines is 1. The molecule has 1 amide bonds. The summed E-state index contributed by atoms with van der Waals surface area (Å²) in [5, 5.41) is 7.20. The van der Waals surface area contributed by atoms with E-state index in [2.05, 4.69) is 20.1 Å². The third-order valence-electron chi connectivity index (χ3n) is 5.10. The van der Waals surface area contributed by atoms with Crippen LogP contribution in [0.1, 0.15) is 10.4 Å². The maximum absolute atomic E-state index is 13.3. The number of methoxy groups -OCH3 is 1.